The maximum Gasteiger partial charge on any atom is 0.148 e. The molecule has 0 amide bonds. The Balaban J connectivity index is 2.32. The maximum absolute atomic E-state index is 4.37. The van der Waals surface area contributed by atoms with Crippen molar-refractivity contribution < 1.29 is 0 Å². The van der Waals surface area contributed by atoms with E-state index in [-0.39, 0.29) is 0 Å². The minimum atomic E-state index is 0.321. The molecule has 1 aromatic heterocycles. The summed E-state index contributed by atoms with van der Waals surface area (Å²) in [7, 11) is 0. The lowest BCUT2D eigenvalue weighted by Gasteiger charge is -2.11. The minimum absolute atomic E-state index is 0.321. The second kappa shape index (κ2) is 6.26. The Kier molecular flexibility index (Phi) is 4.66. The van der Waals surface area contributed by atoms with E-state index >= 15 is 0 Å². The molecule has 2 rings (SSSR count). The van der Waals surface area contributed by atoms with E-state index in [9.17, 15) is 0 Å². The monoisotopic (exact) mass is 275 g/mol. The largest absolute Gasteiger partial charge is 0.308 e. The second-order valence-corrected chi connectivity index (χ2v) is 5.79. The van der Waals surface area contributed by atoms with E-state index in [1.165, 1.54) is 16.7 Å². The van der Waals surface area contributed by atoms with Crippen LogP contribution in [0, 0.1) is 13.8 Å². The lowest BCUT2D eigenvalue weighted by atomic mass is 10.1. The summed E-state index contributed by atoms with van der Waals surface area (Å²) in [5.41, 5.74) is 3.72. The summed E-state index contributed by atoms with van der Waals surface area (Å²) in [5, 5.41) is 14.3. The molecule has 1 aromatic carbocycles. The van der Waals surface area contributed by atoms with Crippen molar-refractivity contribution in [2.24, 2.45) is 0 Å². The fourth-order valence-corrected chi connectivity index (χ4v) is 3.19. The average Bonchev–Trinajstić information content (AvgIpc) is 2.88. The van der Waals surface area contributed by atoms with Crippen LogP contribution in [0.5, 0.6) is 0 Å². The van der Waals surface area contributed by atoms with Crippen LogP contribution in [-0.2, 0) is 0 Å². The third-order valence-electron chi connectivity index (χ3n) is 3.22. The smallest absolute Gasteiger partial charge is 0.148 e. The van der Waals surface area contributed by atoms with Crippen LogP contribution in [-0.4, -0.2) is 16.7 Å². The van der Waals surface area contributed by atoms with E-state index in [4.69, 9.17) is 0 Å². The van der Waals surface area contributed by atoms with E-state index in [1.807, 2.05) is 0 Å². The Hall–Kier alpha value is -1.26. The van der Waals surface area contributed by atoms with Gasteiger partial charge in [0.25, 0.3) is 0 Å². The molecule has 0 aliphatic rings. The Morgan fingerprint density at radius 2 is 2.00 bits per heavy atom. The van der Waals surface area contributed by atoms with Gasteiger partial charge in [0.2, 0.25) is 0 Å². The first-order valence-electron chi connectivity index (χ1n) is 6.80. The Bertz CT molecular complexity index is 548. The number of hydrogen-bond donors (Lipinski definition) is 1. The summed E-state index contributed by atoms with van der Waals surface area (Å²) >= 11 is 1.70. The van der Waals surface area contributed by atoms with E-state index < -0.39 is 0 Å². The maximum atomic E-state index is 4.37. The first-order chi connectivity index (χ1) is 9.15. The molecule has 0 fully saturated rings. The topological polar surface area (TPSA) is 37.8 Å². The van der Waals surface area contributed by atoms with Crippen molar-refractivity contribution in [3.05, 3.63) is 34.3 Å². The highest BCUT2D eigenvalue weighted by Crippen LogP contribution is 2.30. The van der Waals surface area contributed by atoms with Crippen LogP contribution in [0.25, 0.3) is 10.6 Å². The molecular weight excluding hydrogens is 254 g/mol. The van der Waals surface area contributed by atoms with Crippen LogP contribution in [0.15, 0.2) is 18.2 Å². The first kappa shape index (κ1) is 14.2. The molecule has 4 heteroatoms. The molecule has 0 saturated heterocycles. The molecule has 0 aliphatic carbocycles. The molecule has 102 valence electrons. The van der Waals surface area contributed by atoms with Gasteiger partial charge in [-0.3, -0.25) is 0 Å². The van der Waals surface area contributed by atoms with E-state index in [2.05, 4.69) is 61.4 Å². The fraction of sp³-hybridized carbons (Fsp3) is 0.467. The molecule has 0 bridgehead atoms. The fourth-order valence-electron chi connectivity index (χ4n) is 2.10. The predicted octanol–water partition coefficient (Wildman–Crippen LogP) is 3.88. The van der Waals surface area contributed by atoms with Gasteiger partial charge in [0.1, 0.15) is 10.0 Å². The van der Waals surface area contributed by atoms with Gasteiger partial charge in [0, 0.05) is 5.56 Å². The molecule has 19 heavy (non-hydrogen) atoms. The van der Waals surface area contributed by atoms with Crippen molar-refractivity contribution >= 4 is 11.3 Å². The average molecular weight is 275 g/mol. The number of aryl methyl sites for hydroxylation is 2. The van der Waals surface area contributed by atoms with Gasteiger partial charge in [-0.25, -0.2) is 0 Å². The molecule has 1 unspecified atom stereocenters. The van der Waals surface area contributed by atoms with Gasteiger partial charge >= 0.3 is 0 Å². The zero-order valence-electron chi connectivity index (χ0n) is 12.0. The van der Waals surface area contributed by atoms with Crippen molar-refractivity contribution in [2.75, 3.05) is 6.54 Å². The molecular formula is C15H21N3S. The highest BCUT2D eigenvalue weighted by atomic mass is 32.1. The summed E-state index contributed by atoms with van der Waals surface area (Å²) in [6.45, 7) is 9.48. The van der Waals surface area contributed by atoms with Crippen LogP contribution in [0.2, 0.25) is 0 Å². The molecule has 1 heterocycles. The van der Waals surface area contributed by atoms with Crippen molar-refractivity contribution in [3.8, 4) is 10.6 Å². The number of hydrogen-bond acceptors (Lipinski definition) is 4. The molecule has 3 nitrogen and oxygen atoms in total. The molecule has 0 aliphatic heterocycles. The van der Waals surface area contributed by atoms with E-state index in [0.717, 1.165) is 23.0 Å². The van der Waals surface area contributed by atoms with E-state index in [0.29, 0.717) is 6.04 Å². The molecule has 1 atom stereocenters. The van der Waals surface area contributed by atoms with Crippen LogP contribution in [0.4, 0.5) is 0 Å². The summed E-state index contributed by atoms with van der Waals surface area (Å²) < 4.78 is 0. The molecule has 0 saturated carbocycles. The van der Waals surface area contributed by atoms with Gasteiger partial charge in [0.05, 0.1) is 6.04 Å². The van der Waals surface area contributed by atoms with Gasteiger partial charge in [0.15, 0.2) is 0 Å². The van der Waals surface area contributed by atoms with Gasteiger partial charge < -0.3 is 5.32 Å². The van der Waals surface area contributed by atoms with Crippen LogP contribution < -0.4 is 5.32 Å². The third-order valence-corrected chi connectivity index (χ3v) is 4.29. The molecule has 1 N–H and O–H groups in total. The van der Waals surface area contributed by atoms with Crippen molar-refractivity contribution in [2.45, 2.75) is 40.2 Å². The van der Waals surface area contributed by atoms with Crippen LogP contribution >= 0.6 is 11.3 Å². The summed E-state index contributed by atoms with van der Waals surface area (Å²) in [4.78, 5) is 0. The normalized spacial score (nSPS) is 12.6. The number of rotatable bonds is 5. The Labute approximate surface area is 119 Å². The first-order valence-corrected chi connectivity index (χ1v) is 7.61. The van der Waals surface area contributed by atoms with Gasteiger partial charge in [-0.15, -0.1) is 10.2 Å². The number of aromatic nitrogens is 2. The van der Waals surface area contributed by atoms with Crippen LogP contribution in [0.1, 0.15) is 42.4 Å². The van der Waals surface area contributed by atoms with Gasteiger partial charge in [-0.2, -0.15) is 0 Å². The van der Waals surface area contributed by atoms with Crippen molar-refractivity contribution in [1.82, 2.24) is 15.5 Å². The SMILES string of the molecule is CCNC(CC)c1nnc(-c2cc(C)ccc2C)s1. The van der Waals surface area contributed by atoms with Gasteiger partial charge in [-0.1, -0.05) is 42.9 Å². The zero-order chi connectivity index (χ0) is 13.8. The Morgan fingerprint density at radius 1 is 1.21 bits per heavy atom. The standard InChI is InChI=1S/C15H21N3S/c1-5-13(16-6-2)15-18-17-14(19-15)12-9-10(3)7-8-11(12)4/h7-9,13,16H,5-6H2,1-4H3. The lowest BCUT2D eigenvalue weighted by Crippen LogP contribution is -2.19. The Morgan fingerprint density at radius 3 is 2.68 bits per heavy atom. The molecule has 0 radical (unpaired) electrons. The molecule has 0 spiro atoms. The summed E-state index contributed by atoms with van der Waals surface area (Å²) in [5.74, 6) is 0. The van der Waals surface area contributed by atoms with Crippen LogP contribution in [0.3, 0.4) is 0 Å². The number of benzene rings is 1. The van der Waals surface area contributed by atoms with Crippen molar-refractivity contribution in [1.29, 1.82) is 0 Å². The van der Waals surface area contributed by atoms with Gasteiger partial charge in [-0.05, 0) is 38.4 Å². The minimum Gasteiger partial charge on any atom is -0.308 e. The molecule has 2 aromatic rings. The van der Waals surface area contributed by atoms with Crippen molar-refractivity contribution in [3.63, 3.8) is 0 Å². The highest BCUT2D eigenvalue weighted by molar-refractivity contribution is 7.14. The lowest BCUT2D eigenvalue weighted by molar-refractivity contribution is 0.531. The predicted molar refractivity (Wildman–Crippen MR) is 81.5 cm³/mol. The summed E-state index contributed by atoms with van der Waals surface area (Å²) in [6.07, 6.45) is 1.04. The number of nitrogens with zero attached hydrogens (tertiary/aromatic N) is 2. The highest BCUT2D eigenvalue weighted by Gasteiger charge is 2.15. The third kappa shape index (κ3) is 3.19. The quantitative estimate of drug-likeness (QED) is 0.899. The number of nitrogens with one attached hydrogen (secondary N) is 1. The summed E-state index contributed by atoms with van der Waals surface area (Å²) in [6, 6.07) is 6.79. The van der Waals surface area contributed by atoms with E-state index in [1.54, 1.807) is 11.3 Å². The second-order valence-electron chi connectivity index (χ2n) is 4.78. The zero-order valence-corrected chi connectivity index (χ0v) is 12.8.